The molecule has 3 aromatic rings. The lowest BCUT2D eigenvalue weighted by molar-refractivity contribution is -0.193. The number of carbonyl (C=O) groups is 3. The number of hydrogen-bond acceptors (Lipinski definition) is 5. The van der Waals surface area contributed by atoms with Gasteiger partial charge in [0.2, 0.25) is 0 Å². The highest BCUT2D eigenvalue weighted by atomic mass is 19.4. The number of fused-ring (bicyclic) bond motifs is 1. The van der Waals surface area contributed by atoms with Gasteiger partial charge in [0.25, 0.3) is 5.91 Å². The van der Waals surface area contributed by atoms with Crippen LogP contribution in [-0.4, -0.2) is 80.9 Å². The van der Waals surface area contributed by atoms with Crippen molar-refractivity contribution in [2.75, 3.05) is 31.1 Å². The Morgan fingerprint density at radius 1 is 0.846 bits per heavy atom. The number of anilines is 1. The number of para-hydroxylation sites is 1. The number of rotatable bonds is 2. The molecule has 3 heterocycles. The number of carbonyl (C=O) groups excluding carboxylic acids is 1. The van der Waals surface area contributed by atoms with Gasteiger partial charge < -0.3 is 24.4 Å². The number of alkyl halides is 6. The number of piperazine rings is 1. The van der Waals surface area contributed by atoms with Gasteiger partial charge in [-0.15, -0.1) is 0 Å². The average molecular weight is 562 g/mol. The molecular formula is C24H24F6N4O5. The lowest BCUT2D eigenvalue weighted by atomic mass is 10.1. The molecule has 1 aliphatic heterocycles. The molecule has 0 bridgehead atoms. The molecule has 2 aromatic heterocycles. The Morgan fingerprint density at radius 2 is 1.36 bits per heavy atom. The van der Waals surface area contributed by atoms with Crippen molar-refractivity contribution in [1.29, 1.82) is 0 Å². The predicted octanol–water partition coefficient (Wildman–Crippen LogP) is 4.18. The lowest BCUT2D eigenvalue weighted by Gasteiger charge is -2.36. The maximum Gasteiger partial charge on any atom is 0.490 e. The first-order chi connectivity index (χ1) is 18.0. The van der Waals surface area contributed by atoms with Gasteiger partial charge in [-0.05, 0) is 43.2 Å². The third-order valence-electron chi connectivity index (χ3n) is 5.34. The molecule has 0 saturated carbocycles. The van der Waals surface area contributed by atoms with Crippen molar-refractivity contribution in [3.05, 3.63) is 65.6 Å². The van der Waals surface area contributed by atoms with Crippen molar-refractivity contribution in [1.82, 2.24) is 14.3 Å². The van der Waals surface area contributed by atoms with Gasteiger partial charge in [-0.25, -0.2) is 14.6 Å². The zero-order valence-electron chi connectivity index (χ0n) is 20.6. The van der Waals surface area contributed by atoms with Crippen molar-refractivity contribution in [2.24, 2.45) is 0 Å². The summed E-state index contributed by atoms with van der Waals surface area (Å²) in [4.78, 5) is 39.3. The molecule has 0 spiro atoms. The van der Waals surface area contributed by atoms with Crippen LogP contribution in [0.2, 0.25) is 0 Å². The van der Waals surface area contributed by atoms with Crippen LogP contribution >= 0.6 is 0 Å². The van der Waals surface area contributed by atoms with Gasteiger partial charge in [0.15, 0.2) is 0 Å². The van der Waals surface area contributed by atoms with E-state index in [-0.39, 0.29) is 5.91 Å². The van der Waals surface area contributed by atoms with Gasteiger partial charge in [0.05, 0.1) is 0 Å². The van der Waals surface area contributed by atoms with Crippen LogP contribution in [0.25, 0.3) is 5.65 Å². The molecule has 9 nitrogen and oxygen atoms in total. The van der Waals surface area contributed by atoms with Crippen molar-refractivity contribution in [3.8, 4) is 0 Å². The Bertz CT molecular complexity index is 1290. The minimum atomic E-state index is -5.08. The number of carboxylic acids is 2. The van der Waals surface area contributed by atoms with Gasteiger partial charge in [0, 0.05) is 44.3 Å². The number of benzene rings is 1. The Kier molecular flexibility index (Phi) is 9.91. The Labute approximate surface area is 217 Å². The summed E-state index contributed by atoms with van der Waals surface area (Å²) in [6, 6.07) is 12.4. The number of aromatic nitrogens is 2. The molecular weight excluding hydrogens is 538 g/mol. The second-order valence-electron chi connectivity index (χ2n) is 8.27. The maximum absolute atomic E-state index is 12.8. The summed E-state index contributed by atoms with van der Waals surface area (Å²) in [6.45, 7) is 7.30. The van der Waals surface area contributed by atoms with E-state index >= 15 is 0 Å². The summed E-state index contributed by atoms with van der Waals surface area (Å²) in [6.07, 6.45) is -6.39. The number of pyridine rings is 1. The molecule has 1 saturated heterocycles. The zero-order valence-corrected chi connectivity index (χ0v) is 20.6. The molecule has 0 radical (unpaired) electrons. The third-order valence-corrected chi connectivity index (χ3v) is 5.34. The first kappa shape index (κ1) is 30.9. The van der Waals surface area contributed by atoms with Crippen LogP contribution in [0.4, 0.5) is 32.0 Å². The lowest BCUT2D eigenvalue weighted by Crippen LogP contribution is -2.49. The third kappa shape index (κ3) is 8.90. The number of hydrogen-bond donors (Lipinski definition) is 2. The molecule has 1 amide bonds. The number of amides is 1. The van der Waals surface area contributed by atoms with Crippen LogP contribution < -0.4 is 4.90 Å². The van der Waals surface area contributed by atoms with Gasteiger partial charge in [-0.1, -0.05) is 18.2 Å². The molecule has 39 heavy (non-hydrogen) atoms. The van der Waals surface area contributed by atoms with E-state index in [0.717, 1.165) is 37.4 Å². The SMILES string of the molecule is Cc1ccn2cc(C(=O)N3CCN(c4ccccc4C)CC3)nc2c1.O=C(O)C(F)(F)F.O=C(O)C(F)(F)F. The fourth-order valence-electron chi connectivity index (χ4n) is 3.42. The zero-order chi connectivity index (χ0) is 29.5. The van der Waals surface area contributed by atoms with E-state index < -0.39 is 24.3 Å². The van der Waals surface area contributed by atoms with E-state index in [0.29, 0.717) is 5.69 Å². The molecule has 1 aliphatic rings. The molecule has 212 valence electrons. The van der Waals surface area contributed by atoms with E-state index in [4.69, 9.17) is 19.8 Å². The monoisotopic (exact) mass is 562 g/mol. The molecule has 2 N–H and O–H groups in total. The molecule has 1 aromatic carbocycles. The summed E-state index contributed by atoms with van der Waals surface area (Å²) < 4.78 is 65.4. The highest BCUT2D eigenvalue weighted by molar-refractivity contribution is 5.93. The molecule has 0 unspecified atom stereocenters. The largest absolute Gasteiger partial charge is 0.490 e. The summed E-state index contributed by atoms with van der Waals surface area (Å²) >= 11 is 0. The predicted molar refractivity (Wildman–Crippen MR) is 127 cm³/mol. The quantitative estimate of drug-likeness (QED) is 0.451. The summed E-state index contributed by atoms with van der Waals surface area (Å²) in [5, 5.41) is 14.2. The number of carboxylic acid groups (broad SMARTS) is 2. The van der Waals surface area contributed by atoms with E-state index in [1.54, 1.807) is 0 Å². The second kappa shape index (κ2) is 12.5. The number of aliphatic carboxylic acids is 2. The molecule has 4 rings (SSSR count). The van der Waals surface area contributed by atoms with Crippen LogP contribution in [0.1, 0.15) is 21.6 Å². The number of imidazole rings is 1. The minimum Gasteiger partial charge on any atom is -0.475 e. The van der Waals surface area contributed by atoms with Gasteiger partial charge in [-0.2, -0.15) is 26.3 Å². The van der Waals surface area contributed by atoms with Gasteiger partial charge in [0.1, 0.15) is 11.3 Å². The standard InChI is InChI=1S/C20H22N4O.2C2HF3O2/c1-15-7-8-24-14-17(21-19(24)13-15)20(25)23-11-9-22(10-12-23)18-6-4-3-5-16(18)2;2*3-2(4,5)1(6)7/h3-8,13-14H,9-12H2,1-2H3;2*(H,6,7). The number of nitrogens with zero attached hydrogens (tertiary/aromatic N) is 4. The van der Waals surface area contributed by atoms with Crippen LogP contribution in [0.3, 0.4) is 0 Å². The topological polar surface area (TPSA) is 115 Å². The highest BCUT2D eigenvalue weighted by Crippen LogP contribution is 2.21. The molecule has 1 fully saturated rings. The summed E-state index contributed by atoms with van der Waals surface area (Å²) in [5.41, 5.74) is 5.02. The second-order valence-corrected chi connectivity index (χ2v) is 8.27. The first-order valence-corrected chi connectivity index (χ1v) is 11.2. The van der Waals surface area contributed by atoms with Crippen LogP contribution in [0.15, 0.2) is 48.8 Å². The fourth-order valence-corrected chi connectivity index (χ4v) is 3.42. The van der Waals surface area contributed by atoms with Crippen LogP contribution in [0.5, 0.6) is 0 Å². The van der Waals surface area contributed by atoms with Gasteiger partial charge in [-0.3, -0.25) is 4.79 Å². The van der Waals surface area contributed by atoms with E-state index in [1.807, 2.05) is 40.8 Å². The smallest absolute Gasteiger partial charge is 0.475 e. The van der Waals surface area contributed by atoms with Crippen molar-refractivity contribution >= 4 is 29.2 Å². The first-order valence-electron chi connectivity index (χ1n) is 11.2. The Hall–Kier alpha value is -4.30. The minimum absolute atomic E-state index is 0.0192. The van der Waals surface area contributed by atoms with Crippen molar-refractivity contribution < 1.29 is 50.9 Å². The van der Waals surface area contributed by atoms with E-state index in [9.17, 15) is 31.1 Å². The molecule has 0 aliphatic carbocycles. The Balaban J connectivity index is 0.000000317. The van der Waals surface area contributed by atoms with Crippen molar-refractivity contribution in [3.63, 3.8) is 0 Å². The van der Waals surface area contributed by atoms with Gasteiger partial charge >= 0.3 is 24.3 Å². The number of aryl methyl sites for hydroxylation is 2. The molecule has 15 heteroatoms. The summed E-state index contributed by atoms with van der Waals surface area (Å²) in [5.74, 6) is -5.49. The van der Waals surface area contributed by atoms with Crippen LogP contribution in [0, 0.1) is 13.8 Å². The normalized spacial score (nSPS) is 13.6. The Morgan fingerprint density at radius 3 is 1.85 bits per heavy atom. The average Bonchev–Trinajstić information content (AvgIpc) is 3.27. The van der Waals surface area contributed by atoms with E-state index in [1.165, 1.54) is 11.3 Å². The van der Waals surface area contributed by atoms with E-state index in [2.05, 4.69) is 41.1 Å². The maximum atomic E-state index is 12.8. The number of halogens is 6. The molecule has 0 atom stereocenters. The summed E-state index contributed by atoms with van der Waals surface area (Å²) in [7, 11) is 0. The highest BCUT2D eigenvalue weighted by Gasteiger charge is 2.38. The fraction of sp³-hybridized carbons (Fsp3) is 0.333. The van der Waals surface area contributed by atoms with Crippen molar-refractivity contribution in [2.45, 2.75) is 26.2 Å². The van der Waals surface area contributed by atoms with Crippen LogP contribution in [-0.2, 0) is 9.59 Å².